The molecule has 0 radical (unpaired) electrons. The van der Waals surface area contributed by atoms with Crippen LogP contribution in [0.4, 0.5) is 17.1 Å². The third kappa shape index (κ3) is 4.82. The van der Waals surface area contributed by atoms with Gasteiger partial charge in [-0.3, -0.25) is 0 Å². The predicted octanol–water partition coefficient (Wildman–Crippen LogP) is 15.4. The lowest BCUT2D eigenvalue weighted by Gasteiger charge is -2.30. The molecule has 58 heavy (non-hydrogen) atoms. The Labute approximate surface area is 334 Å². The standard InChI is InChI=1S/C54H34N2O2/c1-2-17-35(18-3-1)55-47-30-11-6-23-44(47)52-48(55)31-16-32-49(52)56(45-28-9-4-19-36(45)40-24-14-26-42-38-21-7-12-33-50(38)57-53(40)42)46-29-10-5-20-37(46)41-25-15-27-43-39-22-8-13-34-51(39)58-54(41)43/h1-34H. The Morgan fingerprint density at radius 2 is 0.741 bits per heavy atom. The normalized spacial score (nSPS) is 11.8. The first-order chi connectivity index (χ1) is 28.8. The van der Waals surface area contributed by atoms with Gasteiger partial charge in [0.1, 0.15) is 22.3 Å². The molecule has 0 atom stereocenters. The number of hydrogen-bond acceptors (Lipinski definition) is 3. The first-order valence-electron chi connectivity index (χ1n) is 19.7. The van der Waals surface area contributed by atoms with Crippen LogP contribution in [0.2, 0.25) is 0 Å². The highest BCUT2D eigenvalue weighted by molar-refractivity contribution is 6.19. The molecular weight excluding hydrogens is 709 g/mol. The number of anilines is 3. The Bertz CT molecular complexity index is 3380. The van der Waals surface area contributed by atoms with Gasteiger partial charge in [0.15, 0.2) is 0 Å². The maximum Gasteiger partial charge on any atom is 0.143 e. The molecule has 0 amide bonds. The van der Waals surface area contributed by atoms with Crippen molar-refractivity contribution in [2.24, 2.45) is 0 Å². The number of aromatic nitrogens is 1. The number of rotatable bonds is 6. The molecule has 0 aliphatic heterocycles. The summed E-state index contributed by atoms with van der Waals surface area (Å²) in [5.41, 5.74) is 14.2. The summed E-state index contributed by atoms with van der Waals surface area (Å²) in [5.74, 6) is 0. The van der Waals surface area contributed by atoms with Crippen molar-refractivity contribution in [2.45, 2.75) is 0 Å². The Kier molecular flexibility index (Phi) is 7.20. The summed E-state index contributed by atoms with van der Waals surface area (Å²) in [5, 5.41) is 6.75. The SMILES string of the molecule is c1ccc(-n2c3ccccc3c3c(N(c4ccccc4-c4cccc5c4oc4ccccc45)c4ccccc4-c4cccc5c4oc4ccccc45)cccc32)cc1. The molecule has 0 N–H and O–H groups in total. The minimum atomic E-state index is 0.871. The number of fused-ring (bicyclic) bond motifs is 9. The summed E-state index contributed by atoms with van der Waals surface area (Å²) >= 11 is 0. The van der Waals surface area contributed by atoms with E-state index in [4.69, 9.17) is 8.83 Å². The van der Waals surface area contributed by atoms with Crippen molar-refractivity contribution in [3.8, 4) is 27.9 Å². The summed E-state index contributed by atoms with van der Waals surface area (Å²) in [4.78, 5) is 2.46. The van der Waals surface area contributed by atoms with E-state index in [9.17, 15) is 0 Å². The van der Waals surface area contributed by atoms with Crippen LogP contribution >= 0.6 is 0 Å². The summed E-state index contributed by atoms with van der Waals surface area (Å²) in [7, 11) is 0. The Morgan fingerprint density at radius 1 is 0.310 bits per heavy atom. The summed E-state index contributed by atoms with van der Waals surface area (Å²) in [6.07, 6.45) is 0. The topological polar surface area (TPSA) is 34.5 Å². The smallest absolute Gasteiger partial charge is 0.143 e. The molecule has 9 aromatic carbocycles. The third-order valence-corrected chi connectivity index (χ3v) is 11.6. The second-order valence-corrected chi connectivity index (χ2v) is 14.8. The largest absolute Gasteiger partial charge is 0.455 e. The monoisotopic (exact) mass is 742 g/mol. The molecule has 0 spiro atoms. The molecule has 0 fully saturated rings. The van der Waals surface area contributed by atoms with Crippen molar-refractivity contribution in [2.75, 3.05) is 4.90 Å². The lowest BCUT2D eigenvalue weighted by atomic mass is 9.96. The first kappa shape index (κ1) is 32.4. The highest BCUT2D eigenvalue weighted by Gasteiger charge is 2.27. The van der Waals surface area contributed by atoms with E-state index in [-0.39, 0.29) is 0 Å². The van der Waals surface area contributed by atoms with Crippen LogP contribution in [0.3, 0.4) is 0 Å². The van der Waals surface area contributed by atoms with E-state index in [0.29, 0.717) is 0 Å². The average Bonchev–Trinajstić information content (AvgIpc) is 3.97. The molecule has 3 heterocycles. The molecule has 12 aromatic rings. The van der Waals surface area contributed by atoms with Crippen LogP contribution in [0, 0.1) is 0 Å². The minimum Gasteiger partial charge on any atom is -0.455 e. The number of nitrogens with zero attached hydrogens (tertiary/aromatic N) is 2. The third-order valence-electron chi connectivity index (χ3n) is 11.6. The molecule has 0 saturated heterocycles. The molecule has 0 saturated carbocycles. The van der Waals surface area contributed by atoms with Gasteiger partial charge in [-0.1, -0.05) is 152 Å². The van der Waals surface area contributed by atoms with Gasteiger partial charge in [-0.15, -0.1) is 0 Å². The van der Waals surface area contributed by atoms with Crippen molar-refractivity contribution in [3.05, 3.63) is 206 Å². The lowest BCUT2D eigenvalue weighted by Crippen LogP contribution is -2.13. The predicted molar refractivity (Wildman–Crippen MR) is 241 cm³/mol. The molecule has 0 bridgehead atoms. The van der Waals surface area contributed by atoms with Crippen molar-refractivity contribution < 1.29 is 8.83 Å². The average molecular weight is 743 g/mol. The van der Waals surface area contributed by atoms with Crippen molar-refractivity contribution in [1.82, 2.24) is 4.57 Å². The highest BCUT2D eigenvalue weighted by Crippen LogP contribution is 2.51. The van der Waals surface area contributed by atoms with Gasteiger partial charge in [-0.05, 0) is 54.6 Å². The molecule has 4 heteroatoms. The van der Waals surface area contributed by atoms with Crippen LogP contribution in [-0.4, -0.2) is 4.57 Å². The molecule has 0 aliphatic rings. The second kappa shape index (κ2) is 12.9. The van der Waals surface area contributed by atoms with E-state index in [1.165, 1.54) is 5.39 Å². The fourth-order valence-corrected chi connectivity index (χ4v) is 9.14. The van der Waals surface area contributed by atoms with Crippen LogP contribution < -0.4 is 4.90 Å². The van der Waals surface area contributed by atoms with Crippen LogP contribution in [0.1, 0.15) is 0 Å². The van der Waals surface area contributed by atoms with E-state index in [2.05, 4.69) is 204 Å². The zero-order valence-corrected chi connectivity index (χ0v) is 31.3. The minimum absolute atomic E-state index is 0.871. The van der Waals surface area contributed by atoms with E-state index >= 15 is 0 Å². The Morgan fingerprint density at radius 3 is 1.36 bits per heavy atom. The van der Waals surface area contributed by atoms with Crippen LogP contribution in [-0.2, 0) is 0 Å². The summed E-state index contributed by atoms with van der Waals surface area (Å²) < 4.78 is 15.8. The number of benzene rings is 9. The van der Waals surface area contributed by atoms with E-state index in [1.807, 2.05) is 12.1 Å². The molecule has 12 rings (SSSR count). The van der Waals surface area contributed by atoms with Gasteiger partial charge in [-0.2, -0.15) is 0 Å². The van der Waals surface area contributed by atoms with Gasteiger partial charge in [0.05, 0.1) is 28.1 Å². The molecule has 0 unspecified atom stereocenters. The number of furan rings is 2. The first-order valence-corrected chi connectivity index (χ1v) is 19.7. The highest BCUT2D eigenvalue weighted by atomic mass is 16.3. The fraction of sp³-hybridized carbons (Fsp3) is 0. The Balaban J connectivity index is 1.20. The van der Waals surface area contributed by atoms with Crippen LogP contribution in [0.25, 0.3) is 93.6 Å². The Hall–Kier alpha value is -7.82. The molecular formula is C54H34N2O2. The maximum atomic E-state index is 6.70. The van der Waals surface area contributed by atoms with Crippen molar-refractivity contribution >= 4 is 82.7 Å². The molecule has 272 valence electrons. The van der Waals surface area contributed by atoms with Crippen LogP contribution in [0.15, 0.2) is 215 Å². The fourth-order valence-electron chi connectivity index (χ4n) is 9.14. The number of para-hydroxylation sites is 8. The summed E-state index contributed by atoms with van der Waals surface area (Å²) in [6, 6.07) is 73.1. The van der Waals surface area contributed by atoms with Gasteiger partial charge in [0, 0.05) is 60.3 Å². The van der Waals surface area contributed by atoms with Crippen molar-refractivity contribution in [1.29, 1.82) is 0 Å². The van der Waals surface area contributed by atoms with Crippen LogP contribution in [0.5, 0.6) is 0 Å². The van der Waals surface area contributed by atoms with Gasteiger partial charge in [0.25, 0.3) is 0 Å². The van der Waals surface area contributed by atoms with Gasteiger partial charge in [0.2, 0.25) is 0 Å². The zero-order valence-electron chi connectivity index (χ0n) is 31.3. The quantitative estimate of drug-likeness (QED) is 0.170. The maximum absolute atomic E-state index is 6.70. The van der Waals surface area contributed by atoms with E-state index < -0.39 is 0 Å². The second-order valence-electron chi connectivity index (χ2n) is 14.8. The van der Waals surface area contributed by atoms with E-state index in [0.717, 1.165) is 105 Å². The van der Waals surface area contributed by atoms with Gasteiger partial charge < -0.3 is 18.3 Å². The van der Waals surface area contributed by atoms with Crippen molar-refractivity contribution in [3.63, 3.8) is 0 Å². The zero-order chi connectivity index (χ0) is 38.2. The molecule has 3 aromatic heterocycles. The lowest BCUT2D eigenvalue weighted by molar-refractivity contribution is 0.669. The van der Waals surface area contributed by atoms with Gasteiger partial charge in [-0.25, -0.2) is 0 Å². The molecule has 4 nitrogen and oxygen atoms in total. The van der Waals surface area contributed by atoms with E-state index in [1.54, 1.807) is 0 Å². The molecule has 0 aliphatic carbocycles. The summed E-state index contributed by atoms with van der Waals surface area (Å²) in [6.45, 7) is 0. The number of hydrogen-bond donors (Lipinski definition) is 0. The van der Waals surface area contributed by atoms with Gasteiger partial charge >= 0.3 is 0 Å².